The maximum absolute atomic E-state index is 13.2. The van der Waals surface area contributed by atoms with Crippen LogP contribution in [0.3, 0.4) is 0 Å². The monoisotopic (exact) mass is 537 g/mol. The van der Waals surface area contributed by atoms with E-state index < -0.39 is 18.0 Å². The first-order valence-corrected chi connectivity index (χ1v) is 13.1. The quantitative estimate of drug-likeness (QED) is 0.471. The lowest BCUT2D eigenvalue weighted by Crippen LogP contribution is -2.55. The molecule has 2 fully saturated rings. The standard InChI is InChI=1S/C28H35N5O6/c1-19-6-3-4-7-21(19)29-28(38)30-22-10-9-20(16-24(22)39-2)17-25(34)33-11-5-8-23(33)27(37)32-14-12-31(13-15-32)18-26(35)36/h3-4,6-7,9-10,16,23H,5,8,11-15,17-18H2,1-2H3,(H,35,36)(H2,29,30,38)/t23-/m0/s1. The van der Waals surface area contributed by atoms with E-state index >= 15 is 0 Å². The molecule has 39 heavy (non-hydrogen) atoms. The molecule has 2 aliphatic heterocycles. The summed E-state index contributed by atoms with van der Waals surface area (Å²) in [4.78, 5) is 55.1. The third kappa shape index (κ3) is 7.05. The molecule has 2 aliphatic rings. The van der Waals surface area contributed by atoms with Crippen molar-refractivity contribution in [1.82, 2.24) is 14.7 Å². The number of ether oxygens (including phenoxy) is 1. The van der Waals surface area contributed by atoms with E-state index in [0.29, 0.717) is 61.8 Å². The van der Waals surface area contributed by atoms with Crippen LogP contribution in [0.5, 0.6) is 5.75 Å². The highest BCUT2D eigenvalue weighted by Crippen LogP contribution is 2.28. The second-order valence-electron chi connectivity index (χ2n) is 9.85. The normalized spacial score (nSPS) is 17.5. The van der Waals surface area contributed by atoms with Crippen LogP contribution >= 0.6 is 0 Å². The van der Waals surface area contributed by atoms with Crippen LogP contribution in [-0.4, -0.2) is 96.0 Å². The molecule has 2 saturated heterocycles. The number of hydrogen-bond donors (Lipinski definition) is 3. The number of piperazine rings is 1. The molecule has 4 rings (SSSR count). The number of amides is 4. The number of methoxy groups -OCH3 is 1. The maximum atomic E-state index is 13.2. The second kappa shape index (κ2) is 12.6. The first-order valence-electron chi connectivity index (χ1n) is 13.1. The van der Waals surface area contributed by atoms with Gasteiger partial charge in [-0.05, 0) is 49.1 Å². The van der Waals surface area contributed by atoms with Gasteiger partial charge in [0.1, 0.15) is 11.8 Å². The zero-order chi connectivity index (χ0) is 27.9. The van der Waals surface area contributed by atoms with Crippen molar-refractivity contribution in [2.75, 3.05) is 57.0 Å². The Labute approximate surface area is 227 Å². The number of nitrogens with zero attached hydrogens (tertiary/aromatic N) is 3. The van der Waals surface area contributed by atoms with E-state index in [1.165, 1.54) is 7.11 Å². The molecule has 0 saturated carbocycles. The van der Waals surface area contributed by atoms with Gasteiger partial charge in [0, 0.05) is 38.4 Å². The molecule has 2 aromatic carbocycles. The van der Waals surface area contributed by atoms with E-state index in [1.807, 2.05) is 36.1 Å². The van der Waals surface area contributed by atoms with Crippen molar-refractivity contribution in [3.8, 4) is 5.75 Å². The molecule has 208 valence electrons. The minimum atomic E-state index is -0.881. The van der Waals surface area contributed by atoms with E-state index in [-0.39, 0.29) is 24.8 Å². The summed E-state index contributed by atoms with van der Waals surface area (Å²) in [6.45, 7) is 4.30. The Bertz CT molecular complexity index is 1230. The molecule has 2 aromatic rings. The minimum absolute atomic E-state index is 0.0365. The number of likely N-dealkylation sites (tertiary alicyclic amines) is 1. The van der Waals surface area contributed by atoms with Crippen molar-refractivity contribution in [2.24, 2.45) is 0 Å². The Hall–Kier alpha value is -4.12. The Kier molecular flexibility index (Phi) is 9.03. The lowest BCUT2D eigenvalue weighted by atomic mass is 10.1. The Morgan fingerprint density at radius 1 is 0.974 bits per heavy atom. The van der Waals surface area contributed by atoms with Gasteiger partial charge in [0.25, 0.3) is 0 Å². The summed E-state index contributed by atoms with van der Waals surface area (Å²) < 4.78 is 5.47. The van der Waals surface area contributed by atoms with Crippen LogP contribution in [0.1, 0.15) is 24.0 Å². The average molecular weight is 538 g/mol. The molecule has 0 aliphatic carbocycles. The predicted molar refractivity (Wildman–Crippen MR) is 146 cm³/mol. The number of rotatable bonds is 8. The van der Waals surface area contributed by atoms with E-state index in [1.54, 1.807) is 28.0 Å². The van der Waals surface area contributed by atoms with Crippen LogP contribution in [0.4, 0.5) is 16.2 Å². The fourth-order valence-corrected chi connectivity index (χ4v) is 5.06. The number of carbonyl (C=O) groups excluding carboxylic acids is 3. The van der Waals surface area contributed by atoms with E-state index in [4.69, 9.17) is 9.84 Å². The second-order valence-corrected chi connectivity index (χ2v) is 9.85. The van der Waals surface area contributed by atoms with Crippen molar-refractivity contribution in [1.29, 1.82) is 0 Å². The van der Waals surface area contributed by atoms with Gasteiger partial charge in [-0.15, -0.1) is 0 Å². The molecule has 2 heterocycles. The van der Waals surface area contributed by atoms with Crippen molar-refractivity contribution in [2.45, 2.75) is 32.2 Å². The molecule has 4 amide bonds. The average Bonchev–Trinajstić information content (AvgIpc) is 3.41. The zero-order valence-corrected chi connectivity index (χ0v) is 22.3. The van der Waals surface area contributed by atoms with Crippen LogP contribution in [0, 0.1) is 6.92 Å². The number of carboxylic acids is 1. The van der Waals surface area contributed by atoms with E-state index in [9.17, 15) is 19.2 Å². The molecule has 0 aromatic heterocycles. The van der Waals surface area contributed by atoms with Crippen molar-refractivity contribution in [3.05, 3.63) is 53.6 Å². The van der Waals surface area contributed by atoms with Crippen LogP contribution in [0.15, 0.2) is 42.5 Å². The molecule has 11 heteroatoms. The molecule has 11 nitrogen and oxygen atoms in total. The number of para-hydroxylation sites is 1. The number of anilines is 2. The van der Waals surface area contributed by atoms with Gasteiger partial charge in [-0.25, -0.2) is 4.79 Å². The third-order valence-corrected chi connectivity index (χ3v) is 7.16. The predicted octanol–water partition coefficient (Wildman–Crippen LogP) is 2.41. The van der Waals surface area contributed by atoms with Crippen LogP contribution in [-0.2, 0) is 20.8 Å². The largest absolute Gasteiger partial charge is 0.495 e. The molecule has 1 atom stereocenters. The fraction of sp³-hybridized carbons (Fsp3) is 0.429. The Balaban J connectivity index is 1.35. The van der Waals surface area contributed by atoms with Gasteiger partial charge in [-0.1, -0.05) is 24.3 Å². The number of nitrogens with one attached hydrogen (secondary N) is 2. The topological polar surface area (TPSA) is 132 Å². The summed E-state index contributed by atoms with van der Waals surface area (Å²) in [5.74, 6) is -0.676. The van der Waals surface area contributed by atoms with Crippen LogP contribution in [0.25, 0.3) is 0 Å². The van der Waals surface area contributed by atoms with Gasteiger partial charge in [0.15, 0.2) is 0 Å². The van der Waals surface area contributed by atoms with Crippen LogP contribution in [0.2, 0.25) is 0 Å². The smallest absolute Gasteiger partial charge is 0.323 e. The molecule has 3 N–H and O–H groups in total. The van der Waals surface area contributed by atoms with Crippen molar-refractivity contribution >= 4 is 35.2 Å². The van der Waals surface area contributed by atoms with Gasteiger partial charge in [-0.2, -0.15) is 0 Å². The third-order valence-electron chi connectivity index (χ3n) is 7.16. The van der Waals surface area contributed by atoms with Gasteiger partial charge in [0.05, 0.1) is 25.8 Å². The van der Waals surface area contributed by atoms with E-state index in [0.717, 1.165) is 12.0 Å². The fourth-order valence-electron chi connectivity index (χ4n) is 5.06. The zero-order valence-electron chi connectivity index (χ0n) is 22.3. The first-order chi connectivity index (χ1) is 18.7. The number of aryl methyl sites for hydroxylation is 1. The SMILES string of the molecule is COc1cc(CC(=O)N2CCC[C@H]2C(=O)N2CCN(CC(=O)O)CC2)ccc1NC(=O)Nc1ccccc1C. The van der Waals surface area contributed by atoms with E-state index in [2.05, 4.69) is 10.6 Å². The molecule has 0 spiro atoms. The summed E-state index contributed by atoms with van der Waals surface area (Å²) in [5, 5.41) is 14.6. The molecular formula is C28H35N5O6. The minimum Gasteiger partial charge on any atom is -0.495 e. The number of aliphatic carboxylic acids is 1. The maximum Gasteiger partial charge on any atom is 0.323 e. The molecule has 0 bridgehead atoms. The number of benzene rings is 2. The van der Waals surface area contributed by atoms with Crippen molar-refractivity contribution in [3.63, 3.8) is 0 Å². The van der Waals surface area contributed by atoms with Gasteiger partial charge < -0.3 is 30.3 Å². The molecule has 0 radical (unpaired) electrons. The summed E-state index contributed by atoms with van der Waals surface area (Å²) in [6.07, 6.45) is 1.47. The van der Waals surface area contributed by atoms with Crippen molar-refractivity contribution < 1.29 is 29.0 Å². The lowest BCUT2D eigenvalue weighted by Gasteiger charge is -2.36. The highest BCUT2D eigenvalue weighted by molar-refractivity contribution is 6.01. The number of carbonyl (C=O) groups is 4. The molecule has 0 unspecified atom stereocenters. The number of hydrogen-bond acceptors (Lipinski definition) is 6. The highest BCUT2D eigenvalue weighted by Gasteiger charge is 2.37. The summed E-state index contributed by atoms with van der Waals surface area (Å²) in [5.41, 5.74) is 2.82. The Morgan fingerprint density at radius 3 is 2.38 bits per heavy atom. The summed E-state index contributed by atoms with van der Waals surface area (Å²) >= 11 is 0. The Morgan fingerprint density at radius 2 is 1.69 bits per heavy atom. The number of urea groups is 1. The van der Waals surface area contributed by atoms with Crippen LogP contribution < -0.4 is 15.4 Å². The van der Waals surface area contributed by atoms with Gasteiger partial charge >= 0.3 is 12.0 Å². The highest BCUT2D eigenvalue weighted by atomic mass is 16.5. The van der Waals surface area contributed by atoms with Gasteiger partial charge in [0.2, 0.25) is 11.8 Å². The first kappa shape index (κ1) is 27.9. The lowest BCUT2D eigenvalue weighted by molar-refractivity contribution is -0.145. The summed E-state index contributed by atoms with van der Waals surface area (Å²) in [6, 6.07) is 11.7. The summed E-state index contributed by atoms with van der Waals surface area (Å²) in [7, 11) is 1.50. The number of carboxylic acid groups (broad SMARTS) is 1. The molecular weight excluding hydrogens is 502 g/mol. The van der Waals surface area contributed by atoms with Gasteiger partial charge in [-0.3, -0.25) is 19.3 Å².